The largest absolute Gasteiger partial charge is 0.496 e. The molecular formula is C22H20N2O2S. The Bertz CT molecular complexity index is 1030. The third-order valence-corrected chi connectivity index (χ3v) is 5.58. The molecule has 0 saturated carbocycles. The number of nitrogens with zero attached hydrogens (tertiary/aromatic N) is 2. The molecule has 27 heavy (non-hydrogen) atoms. The molecule has 0 saturated heterocycles. The molecule has 0 bridgehead atoms. The molecule has 3 rings (SSSR count). The second-order valence-electron chi connectivity index (χ2n) is 6.38. The van der Waals surface area contributed by atoms with E-state index in [4.69, 9.17) is 10.00 Å². The van der Waals surface area contributed by atoms with E-state index in [1.807, 2.05) is 49.6 Å². The van der Waals surface area contributed by atoms with Crippen molar-refractivity contribution in [3.8, 4) is 34.1 Å². The smallest absolute Gasteiger partial charge is 0.170 e. The Hall–Kier alpha value is -2.97. The summed E-state index contributed by atoms with van der Waals surface area (Å²) >= 11 is 1.45. The summed E-state index contributed by atoms with van der Waals surface area (Å²) in [5.41, 5.74) is 5.47. The zero-order valence-electron chi connectivity index (χ0n) is 15.7. The first-order valence-electron chi connectivity index (χ1n) is 8.60. The highest BCUT2D eigenvalue weighted by Crippen LogP contribution is 2.43. The fourth-order valence-electron chi connectivity index (χ4n) is 3.15. The Morgan fingerprint density at radius 3 is 2.59 bits per heavy atom. The summed E-state index contributed by atoms with van der Waals surface area (Å²) in [5, 5.41) is 11.0. The summed E-state index contributed by atoms with van der Waals surface area (Å²) in [6, 6.07) is 11.9. The Morgan fingerprint density at radius 2 is 2.00 bits per heavy atom. The van der Waals surface area contributed by atoms with Gasteiger partial charge < -0.3 is 4.74 Å². The second-order valence-corrected chi connectivity index (χ2v) is 7.29. The first-order valence-corrected chi connectivity index (χ1v) is 9.48. The highest BCUT2D eigenvalue weighted by molar-refractivity contribution is 7.12. The molecule has 2 aromatic heterocycles. The summed E-state index contributed by atoms with van der Waals surface area (Å²) in [5.74, 6) is 0.503. The van der Waals surface area contributed by atoms with Crippen LogP contribution in [-0.2, 0) is 0 Å². The number of aryl methyl sites for hydroxylation is 1. The Labute approximate surface area is 163 Å². The fourth-order valence-corrected chi connectivity index (χ4v) is 3.95. The molecule has 0 aliphatic rings. The van der Waals surface area contributed by atoms with Crippen molar-refractivity contribution >= 4 is 17.1 Å². The zero-order chi connectivity index (χ0) is 19.6. The lowest BCUT2D eigenvalue weighted by Crippen LogP contribution is -1.99. The van der Waals surface area contributed by atoms with Gasteiger partial charge in [0.1, 0.15) is 5.75 Å². The SMILES string of the molecule is COc1ccc(C)c(-c2ccsc2C(C)=O)c1-c1ccc(C(C)C#N)nc1. The van der Waals surface area contributed by atoms with Crippen LogP contribution in [0.25, 0.3) is 22.3 Å². The summed E-state index contributed by atoms with van der Waals surface area (Å²) < 4.78 is 5.63. The van der Waals surface area contributed by atoms with Gasteiger partial charge >= 0.3 is 0 Å². The predicted molar refractivity (Wildman–Crippen MR) is 108 cm³/mol. The van der Waals surface area contributed by atoms with Crippen LogP contribution in [0.5, 0.6) is 5.75 Å². The molecule has 1 aromatic carbocycles. The summed E-state index contributed by atoms with van der Waals surface area (Å²) in [4.78, 5) is 17.3. The highest BCUT2D eigenvalue weighted by Gasteiger charge is 2.21. The normalized spacial score (nSPS) is 11.7. The molecule has 136 valence electrons. The zero-order valence-corrected chi connectivity index (χ0v) is 16.6. The van der Waals surface area contributed by atoms with Gasteiger partial charge in [-0.05, 0) is 55.5 Å². The molecule has 5 heteroatoms. The molecule has 0 fully saturated rings. The molecule has 0 aliphatic carbocycles. The third kappa shape index (κ3) is 3.49. The molecule has 0 aliphatic heterocycles. The third-order valence-electron chi connectivity index (χ3n) is 4.56. The molecule has 0 amide bonds. The van der Waals surface area contributed by atoms with Gasteiger partial charge in [0.05, 0.1) is 29.7 Å². The highest BCUT2D eigenvalue weighted by atomic mass is 32.1. The predicted octanol–water partition coefficient (Wildman–Crippen LogP) is 5.62. The monoisotopic (exact) mass is 376 g/mol. The van der Waals surface area contributed by atoms with Crippen LogP contribution >= 0.6 is 11.3 Å². The molecule has 0 spiro atoms. The summed E-state index contributed by atoms with van der Waals surface area (Å²) in [6.45, 7) is 5.44. The van der Waals surface area contributed by atoms with Gasteiger partial charge in [-0.2, -0.15) is 5.26 Å². The second kappa shape index (κ2) is 7.73. The van der Waals surface area contributed by atoms with Gasteiger partial charge in [-0.15, -0.1) is 11.3 Å². The quantitative estimate of drug-likeness (QED) is 0.542. The number of hydrogen-bond acceptors (Lipinski definition) is 5. The first kappa shape index (κ1) is 18.8. The van der Waals surface area contributed by atoms with Gasteiger partial charge in [0, 0.05) is 22.9 Å². The van der Waals surface area contributed by atoms with Crippen LogP contribution in [0.3, 0.4) is 0 Å². The van der Waals surface area contributed by atoms with Gasteiger partial charge in [-0.1, -0.05) is 12.1 Å². The maximum absolute atomic E-state index is 12.1. The molecular weight excluding hydrogens is 356 g/mol. The number of pyridine rings is 1. The van der Waals surface area contributed by atoms with Crippen LogP contribution in [0, 0.1) is 18.3 Å². The number of hydrogen-bond donors (Lipinski definition) is 0. The van der Waals surface area contributed by atoms with Crippen molar-refractivity contribution in [1.82, 2.24) is 4.98 Å². The maximum Gasteiger partial charge on any atom is 0.170 e. The Balaban J connectivity index is 2.26. The molecule has 1 atom stereocenters. The van der Waals surface area contributed by atoms with Gasteiger partial charge in [-0.3, -0.25) is 9.78 Å². The van der Waals surface area contributed by atoms with E-state index in [-0.39, 0.29) is 11.7 Å². The minimum atomic E-state index is -0.265. The van der Waals surface area contributed by atoms with E-state index >= 15 is 0 Å². The number of carbonyl (C=O) groups excluding carboxylic acids is 1. The molecule has 0 radical (unpaired) electrons. The van der Waals surface area contributed by atoms with Gasteiger partial charge in [0.25, 0.3) is 0 Å². The number of rotatable bonds is 5. The molecule has 0 N–H and O–H groups in total. The van der Waals surface area contributed by atoms with E-state index in [9.17, 15) is 4.79 Å². The lowest BCUT2D eigenvalue weighted by molar-refractivity contribution is 0.102. The number of Topliss-reactive ketones (excluding diaryl/α,β-unsaturated/α-hetero) is 1. The summed E-state index contributed by atoms with van der Waals surface area (Å²) in [7, 11) is 1.64. The van der Waals surface area contributed by atoms with E-state index < -0.39 is 0 Å². The van der Waals surface area contributed by atoms with Gasteiger partial charge in [0.15, 0.2) is 5.78 Å². The van der Waals surface area contributed by atoms with Crippen LogP contribution < -0.4 is 4.74 Å². The molecule has 3 aromatic rings. The maximum atomic E-state index is 12.1. The van der Waals surface area contributed by atoms with Gasteiger partial charge in [-0.25, -0.2) is 0 Å². The Morgan fingerprint density at radius 1 is 1.22 bits per heavy atom. The molecule has 4 nitrogen and oxygen atoms in total. The number of methoxy groups -OCH3 is 1. The number of nitriles is 1. The van der Waals surface area contributed by atoms with E-state index in [0.717, 1.165) is 44.1 Å². The topological polar surface area (TPSA) is 63.0 Å². The fraction of sp³-hybridized carbons (Fsp3) is 0.227. The minimum Gasteiger partial charge on any atom is -0.496 e. The number of thiophene rings is 1. The van der Waals surface area contributed by atoms with Crippen molar-refractivity contribution in [3.63, 3.8) is 0 Å². The van der Waals surface area contributed by atoms with Crippen LogP contribution in [0.15, 0.2) is 41.9 Å². The van der Waals surface area contributed by atoms with Crippen molar-refractivity contribution in [1.29, 1.82) is 5.26 Å². The average Bonchev–Trinajstić information content (AvgIpc) is 3.17. The van der Waals surface area contributed by atoms with E-state index in [0.29, 0.717) is 0 Å². The average molecular weight is 376 g/mol. The van der Waals surface area contributed by atoms with Crippen LogP contribution in [0.2, 0.25) is 0 Å². The lowest BCUT2D eigenvalue weighted by Gasteiger charge is -2.17. The first-order chi connectivity index (χ1) is 13.0. The number of benzene rings is 1. The molecule has 2 heterocycles. The van der Waals surface area contributed by atoms with E-state index in [1.54, 1.807) is 20.2 Å². The van der Waals surface area contributed by atoms with E-state index in [2.05, 4.69) is 11.1 Å². The minimum absolute atomic E-state index is 0.0458. The van der Waals surface area contributed by atoms with Crippen LogP contribution in [0.1, 0.15) is 40.7 Å². The standard InChI is InChI=1S/C22H20N2O2S/c1-13-5-8-19(26-4)21(16-6-7-18(24-12-16)14(2)11-23)20(13)17-9-10-27-22(17)15(3)25/h5-10,12,14H,1-4H3. The van der Waals surface area contributed by atoms with Crippen LogP contribution in [-0.4, -0.2) is 17.9 Å². The van der Waals surface area contributed by atoms with Crippen molar-refractivity contribution < 1.29 is 9.53 Å². The lowest BCUT2D eigenvalue weighted by atomic mass is 9.90. The van der Waals surface area contributed by atoms with Gasteiger partial charge in [0.2, 0.25) is 0 Å². The number of aromatic nitrogens is 1. The Kier molecular flexibility index (Phi) is 5.38. The van der Waals surface area contributed by atoms with Crippen molar-refractivity contribution in [3.05, 3.63) is 58.0 Å². The van der Waals surface area contributed by atoms with Crippen molar-refractivity contribution in [2.75, 3.05) is 7.11 Å². The molecule has 1 unspecified atom stereocenters. The van der Waals surface area contributed by atoms with Crippen molar-refractivity contribution in [2.45, 2.75) is 26.7 Å². The number of ketones is 1. The number of ether oxygens (including phenoxy) is 1. The van der Waals surface area contributed by atoms with Crippen LogP contribution in [0.4, 0.5) is 0 Å². The number of carbonyl (C=O) groups is 1. The van der Waals surface area contributed by atoms with Crippen molar-refractivity contribution in [2.24, 2.45) is 0 Å². The summed E-state index contributed by atoms with van der Waals surface area (Å²) in [6.07, 6.45) is 1.77. The van der Waals surface area contributed by atoms with E-state index in [1.165, 1.54) is 11.3 Å².